The zero-order valence-corrected chi connectivity index (χ0v) is 10.1. The molecule has 2 rings (SSSR count). The van der Waals surface area contributed by atoms with E-state index in [0.717, 1.165) is 15.9 Å². The van der Waals surface area contributed by atoms with Crippen LogP contribution >= 0.6 is 23.4 Å². The highest BCUT2D eigenvalue weighted by molar-refractivity contribution is 7.99. The fourth-order valence-electron chi connectivity index (χ4n) is 1.08. The molecule has 2 heterocycles. The normalized spacial score (nSPS) is 10.1. The van der Waals surface area contributed by atoms with E-state index in [1.807, 2.05) is 13.1 Å². The maximum Gasteiger partial charge on any atom is 0.130 e. The van der Waals surface area contributed by atoms with E-state index < -0.39 is 0 Å². The van der Waals surface area contributed by atoms with E-state index in [-0.39, 0.29) is 0 Å². The first kappa shape index (κ1) is 11.2. The third-order valence-corrected chi connectivity index (χ3v) is 3.19. The van der Waals surface area contributed by atoms with Gasteiger partial charge in [0.2, 0.25) is 0 Å². The summed E-state index contributed by atoms with van der Waals surface area (Å²) in [6, 6.07) is 5.44. The number of anilines is 1. The summed E-state index contributed by atoms with van der Waals surface area (Å²) in [5.74, 6) is 0.768. The van der Waals surface area contributed by atoms with Gasteiger partial charge in [-0.3, -0.25) is 0 Å². The van der Waals surface area contributed by atoms with Gasteiger partial charge in [-0.2, -0.15) is 0 Å². The second-order valence-corrected chi connectivity index (χ2v) is 4.30. The molecule has 0 aliphatic rings. The molecule has 0 aromatic carbocycles. The van der Waals surface area contributed by atoms with Gasteiger partial charge in [-0.25, -0.2) is 15.0 Å². The van der Waals surface area contributed by atoms with Crippen molar-refractivity contribution in [3.05, 3.63) is 35.7 Å². The maximum atomic E-state index is 6.01. The number of aromatic nitrogens is 3. The maximum absolute atomic E-state index is 6.01. The lowest BCUT2D eigenvalue weighted by molar-refractivity contribution is 1.04. The van der Waals surface area contributed by atoms with Gasteiger partial charge in [-0.1, -0.05) is 11.6 Å². The van der Waals surface area contributed by atoms with Crippen LogP contribution in [0.3, 0.4) is 0 Å². The van der Waals surface area contributed by atoms with E-state index in [4.69, 9.17) is 11.6 Å². The van der Waals surface area contributed by atoms with Gasteiger partial charge in [0.1, 0.15) is 22.2 Å². The monoisotopic (exact) mass is 252 g/mol. The molecule has 0 atom stereocenters. The van der Waals surface area contributed by atoms with Crippen molar-refractivity contribution in [3.63, 3.8) is 0 Å². The minimum Gasteiger partial charge on any atom is -0.373 e. The number of rotatable bonds is 3. The van der Waals surface area contributed by atoms with Crippen molar-refractivity contribution in [2.45, 2.75) is 10.1 Å². The van der Waals surface area contributed by atoms with Crippen LogP contribution in [0.15, 0.2) is 40.8 Å². The van der Waals surface area contributed by atoms with Crippen molar-refractivity contribution in [3.8, 4) is 0 Å². The molecule has 2 aromatic rings. The topological polar surface area (TPSA) is 50.7 Å². The number of pyridine rings is 1. The van der Waals surface area contributed by atoms with Crippen molar-refractivity contribution >= 4 is 29.2 Å². The summed E-state index contributed by atoms with van der Waals surface area (Å²) in [6.07, 6.45) is 3.21. The Morgan fingerprint density at radius 1 is 1.31 bits per heavy atom. The van der Waals surface area contributed by atoms with Gasteiger partial charge in [0.05, 0.1) is 5.02 Å². The SMILES string of the molecule is CNc1cc(Sc2ncccc2Cl)ncn1. The Morgan fingerprint density at radius 2 is 2.19 bits per heavy atom. The van der Waals surface area contributed by atoms with Crippen LogP contribution in [0.1, 0.15) is 0 Å². The Morgan fingerprint density at radius 3 is 2.94 bits per heavy atom. The number of halogens is 1. The van der Waals surface area contributed by atoms with Gasteiger partial charge in [-0.15, -0.1) is 0 Å². The summed E-state index contributed by atoms with van der Waals surface area (Å²) >= 11 is 7.42. The summed E-state index contributed by atoms with van der Waals surface area (Å²) < 4.78 is 0. The Kier molecular flexibility index (Phi) is 3.58. The highest BCUT2D eigenvalue weighted by Crippen LogP contribution is 2.30. The third-order valence-electron chi connectivity index (χ3n) is 1.82. The summed E-state index contributed by atoms with van der Waals surface area (Å²) in [4.78, 5) is 12.3. The minimum atomic E-state index is 0.622. The molecule has 1 N–H and O–H groups in total. The average Bonchev–Trinajstić information content (AvgIpc) is 2.32. The lowest BCUT2D eigenvalue weighted by Gasteiger charge is -2.03. The van der Waals surface area contributed by atoms with E-state index in [2.05, 4.69) is 20.3 Å². The zero-order chi connectivity index (χ0) is 11.4. The van der Waals surface area contributed by atoms with E-state index in [1.165, 1.54) is 18.1 Å². The van der Waals surface area contributed by atoms with Crippen molar-refractivity contribution in [1.29, 1.82) is 0 Å². The van der Waals surface area contributed by atoms with E-state index in [9.17, 15) is 0 Å². The summed E-state index contributed by atoms with van der Waals surface area (Å²) in [6.45, 7) is 0. The molecule has 0 bridgehead atoms. The van der Waals surface area contributed by atoms with Gasteiger partial charge in [0, 0.05) is 19.3 Å². The average molecular weight is 253 g/mol. The second-order valence-electron chi connectivity index (χ2n) is 2.88. The van der Waals surface area contributed by atoms with Crippen molar-refractivity contribution in [2.75, 3.05) is 12.4 Å². The zero-order valence-electron chi connectivity index (χ0n) is 8.51. The molecular formula is C10H9ClN4S. The summed E-state index contributed by atoms with van der Waals surface area (Å²) in [5, 5.41) is 5.12. The van der Waals surface area contributed by atoms with Gasteiger partial charge in [-0.05, 0) is 23.9 Å². The van der Waals surface area contributed by atoms with Crippen molar-refractivity contribution in [1.82, 2.24) is 15.0 Å². The first-order valence-electron chi connectivity index (χ1n) is 4.58. The number of hydrogen-bond donors (Lipinski definition) is 1. The smallest absolute Gasteiger partial charge is 0.130 e. The highest BCUT2D eigenvalue weighted by Gasteiger charge is 2.05. The molecule has 4 nitrogen and oxygen atoms in total. The van der Waals surface area contributed by atoms with Gasteiger partial charge < -0.3 is 5.32 Å². The molecule has 0 aliphatic carbocycles. The summed E-state index contributed by atoms with van der Waals surface area (Å²) in [7, 11) is 1.81. The molecule has 0 radical (unpaired) electrons. The van der Waals surface area contributed by atoms with E-state index in [1.54, 1.807) is 18.3 Å². The van der Waals surface area contributed by atoms with Gasteiger partial charge in [0.15, 0.2) is 0 Å². The first-order valence-corrected chi connectivity index (χ1v) is 5.77. The molecule has 0 amide bonds. The molecule has 2 aromatic heterocycles. The highest BCUT2D eigenvalue weighted by atomic mass is 35.5. The summed E-state index contributed by atoms with van der Waals surface area (Å²) in [5.41, 5.74) is 0. The van der Waals surface area contributed by atoms with Crippen molar-refractivity contribution < 1.29 is 0 Å². The lowest BCUT2D eigenvalue weighted by atomic mass is 10.5. The van der Waals surface area contributed by atoms with E-state index >= 15 is 0 Å². The molecule has 0 saturated carbocycles. The number of nitrogens with zero attached hydrogens (tertiary/aromatic N) is 3. The quantitative estimate of drug-likeness (QED) is 0.852. The van der Waals surface area contributed by atoms with Crippen LogP contribution in [0.25, 0.3) is 0 Å². The predicted octanol–water partition coefficient (Wildman–Crippen LogP) is 2.72. The number of hydrogen-bond acceptors (Lipinski definition) is 5. The Balaban J connectivity index is 2.24. The fraction of sp³-hybridized carbons (Fsp3) is 0.100. The number of nitrogens with one attached hydrogen (secondary N) is 1. The Labute approximate surface area is 102 Å². The second kappa shape index (κ2) is 5.14. The van der Waals surface area contributed by atoms with Crippen molar-refractivity contribution in [2.24, 2.45) is 0 Å². The van der Waals surface area contributed by atoms with Gasteiger partial charge in [0.25, 0.3) is 0 Å². The molecular weight excluding hydrogens is 244 g/mol. The van der Waals surface area contributed by atoms with Crippen LogP contribution in [0.2, 0.25) is 5.02 Å². The minimum absolute atomic E-state index is 0.622. The molecule has 82 valence electrons. The van der Waals surface area contributed by atoms with Crippen LogP contribution in [-0.2, 0) is 0 Å². The molecule has 0 saturated heterocycles. The third kappa shape index (κ3) is 2.62. The van der Waals surface area contributed by atoms with Crippen LogP contribution in [0.5, 0.6) is 0 Å². The molecule has 16 heavy (non-hydrogen) atoms. The first-order chi connectivity index (χ1) is 7.79. The van der Waals surface area contributed by atoms with Crippen LogP contribution in [-0.4, -0.2) is 22.0 Å². The van der Waals surface area contributed by atoms with E-state index in [0.29, 0.717) is 5.02 Å². The van der Waals surface area contributed by atoms with Gasteiger partial charge >= 0.3 is 0 Å². The fourth-order valence-corrected chi connectivity index (χ4v) is 2.06. The molecule has 0 spiro atoms. The van der Waals surface area contributed by atoms with Crippen LogP contribution < -0.4 is 5.32 Å². The Bertz CT molecular complexity index is 492. The molecule has 0 unspecified atom stereocenters. The molecule has 0 aliphatic heterocycles. The Hall–Kier alpha value is -1.33. The largest absolute Gasteiger partial charge is 0.373 e. The standard InChI is InChI=1S/C10H9ClN4S/c1-12-8-5-9(15-6-14-8)16-10-7(11)3-2-4-13-10/h2-6H,1H3,(H,12,14,15). The predicted molar refractivity (Wildman–Crippen MR) is 64.9 cm³/mol. The van der Waals surface area contributed by atoms with Crippen LogP contribution in [0.4, 0.5) is 5.82 Å². The lowest BCUT2D eigenvalue weighted by Crippen LogP contribution is -1.93. The van der Waals surface area contributed by atoms with Crippen LogP contribution in [0, 0.1) is 0 Å². The molecule has 6 heteroatoms. The molecule has 0 fully saturated rings.